The minimum absolute atomic E-state index is 0.0780. The zero-order valence-electron chi connectivity index (χ0n) is 22.3. The quantitative estimate of drug-likeness (QED) is 0.244. The molecule has 0 N–H and O–H groups in total. The van der Waals surface area contributed by atoms with Gasteiger partial charge in [0, 0.05) is 36.5 Å². The number of allylic oxidation sites excluding steroid dienone is 1. The van der Waals surface area contributed by atoms with Gasteiger partial charge < -0.3 is 19.1 Å². The second-order valence-corrected chi connectivity index (χ2v) is 10.2. The summed E-state index contributed by atoms with van der Waals surface area (Å²) in [5.74, 6) is 0.0170. The number of benzene rings is 2. The van der Waals surface area contributed by atoms with Gasteiger partial charge in [-0.25, -0.2) is 9.79 Å². The zero-order valence-corrected chi connectivity index (χ0v) is 23.1. The van der Waals surface area contributed by atoms with E-state index in [9.17, 15) is 19.7 Å². The van der Waals surface area contributed by atoms with E-state index in [4.69, 9.17) is 14.2 Å². The van der Waals surface area contributed by atoms with Crippen LogP contribution in [-0.2, 0) is 14.3 Å². The summed E-state index contributed by atoms with van der Waals surface area (Å²) in [6, 6.07) is 11.0. The molecule has 1 atom stereocenters. The molecule has 208 valence electrons. The molecule has 3 aromatic rings. The number of thiazole rings is 1. The number of carbonyl (C=O) groups is 1. The van der Waals surface area contributed by atoms with E-state index in [1.807, 2.05) is 6.07 Å². The first kappa shape index (κ1) is 27.3. The van der Waals surface area contributed by atoms with E-state index >= 15 is 0 Å². The van der Waals surface area contributed by atoms with E-state index in [1.165, 1.54) is 16.7 Å². The van der Waals surface area contributed by atoms with Crippen LogP contribution >= 0.6 is 11.3 Å². The number of non-ortho nitro benzene ring substituents is 1. The van der Waals surface area contributed by atoms with Gasteiger partial charge in [-0.1, -0.05) is 23.5 Å². The topological polar surface area (TPSA) is 126 Å². The van der Waals surface area contributed by atoms with Gasteiger partial charge in [0.05, 0.1) is 53.7 Å². The molecule has 40 heavy (non-hydrogen) atoms. The van der Waals surface area contributed by atoms with Crippen LogP contribution in [0.1, 0.15) is 31.0 Å². The number of methoxy groups -OCH3 is 1. The molecule has 2 aromatic carbocycles. The van der Waals surface area contributed by atoms with Gasteiger partial charge in [-0.05, 0) is 43.7 Å². The fourth-order valence-corrected chi connectivity index (χ4v) is 5.96. The van der Waals surface area contributed by atoms with Gasteiger partial charge in [-0.15, -0.1) is 0 Å². The summed E-state index contributed by atoms with van der Waals surface area (Å²) in [6.07, 6.45) is 1.66. The Balaban J connectivity index is 1.72. The molecule has 0 amide bonds. The van der Waals surface area contributed by atoms with Crippen molar-refractivity contribution in [3.8, 4) is 5.75 Å². The molecule has 1 saturated heterocycles. The van der Waals surface area contributed by atoms with Crippen LogP contribution in [0.4, 0.5) is 11.4 Å². The Morgan fingerprint density at radius 1 is 1.25 bits per heavy atom. The molecule has 11 nitrogen and oxygen atoms in total. The first-order valence-corrected chi connectivity index (χ1v) is 13.6. The second kappa shape index (κ2) is 11.4. The van der Waals surface area contributed by atoms with Gasteiger partial charge in [0.2, 0.25) is 0 Å². The number of esters is 1. The second-order valence-electron chi connectivity index (χ2n) is 9.18. The van der Waals surface area contributed by atoms with Gasteiger partial charge in [-0.3, -0.25) is 19.5 Å². The molecule has 0 saturated carbocycles. The molecule has 3 heterocycles. The molecule has 0 bridgehead atoms. The summed E-state index contributed by atoms with van der Waals surface area (Å²) in [6.45, 7) is 5.92. The molecule has 0 spiro atoms. The van der Waals surface area contributed by atoms with Crippen molar-refractivity contribution in [3.63, 3.8) is 0 Å². The van der Waals surface area contributed by atoms with E-state index in [-0.39, 0.29) is 23.4 Å². The largest absolute Gasteiger partial charge is 0.497 e. The molecule has 1 unspecified atom stereocenters. The van der Waals surface area contributed by atoms with Crippen molar-refractivity contribution < 1.29 is 23.9 Å². The van der Waals surface area contributed by atoms with Gasteiger partial charge in [0.25, 0.3) is 11.2 Å². The van der Waals surface area contributed by atoms with E-state index in [1.54, 1.807) is 51.3 Å². The van der Waals surface area contributed by atoms with Crippen LogP contribution < -0.4 is 24.5 Å². The Morgan fingerprint density at radius 3 is 2.73 bits per heavy atom. The van der Waals surface area contributed by atoms with Crippen molar-refractivity contribution in [2.24, 2.45) is 4.99 Å². The number of fused-ring (bicyclic) bond motifs is 1. The molecule has 5 rings (SSSR count). The number of nitro groups is 1. The van der Waals surface area contributed by atoms with Crippen LogP contribution in [-0.4, -0.2) is 55.5 Å². The van der Waals surface area contributed by atoms with Gasteiger partial charge >= 0.3 is 5.97 Å². The number of carbonyl (C=O) groups excluding carboxylic acids is 1. The highest BCUT2D eigenvalue weighted by molar-refractivity contribution is 7.07. The molecule has 2 aliphatic rings. The van der Waals surface area contributed by atoms with Crippen molar-refractivity contribution in [2.75, 3.05) is 44.9 Å². The van der Waals surface area contributed by atoms with Crippen LogP contribution in [0, 0.1) is 10.1 Å². The van der Waals surface area contributed by atoms with Crippen molar-refractivity contribution in [1.29, 1.82) is 0 Å². The van der Waals surface area contributed by atoms with E-state index in [0.29, 0.717) is 58.2 Å². The van der Waals surface area contributed by atoms with Crippen LogP contribution in [0.3, 0.4) is 0 Å². The van der Waals surface area contributed by atoms with E-state index in [2.05, 4.69) is 9.89 Å². The maximum Gasteiger partial charge on any atom is 0.338 e. The fourth-order valence-electron chi connectivity index (χ4n) is 4.92. The molecule has 1 fully saturated rings. The predicted octanol–water partition coefficient (Wildman–Crippen LogP) is 2.55. The first-order chi connectivity index (χ1) is 19.3. The van der Waals surface area contributed by atoms with Crippen LogP contribution in [0.5, 0.6) is 5.75 Å². The Bertz CT molecular complexity index is 1680. The maximum atomic E-state index is 14.0. The lowest BCUT2D eigenvalue weighted by molar-refractivity contribution is -0.384. The van der Waals surface area contributed by atoms with Crippen molar-refractivity contribution in [1.82, 2.24) is 4.57 Å². The third-order valence-electron chi connectivity index (χ3n) is 6.79. The Morgan fingerprint density at radius 2 is 2.02 bits per heavy atom. The number of nitrogens with zero attached hydrogens (tertiary/aromatic N) is 4. The summed E-state index contributed by atoms with van der Waals surface area (Å²) >= 11 is 1.16. The summed E-state index contributed by atoms with van der Waals surface area (Å²) < 4.78 is 18.0. The molecular formula is C28H28N4O7S. The highest BCUT2D eigenvalue weighted by atomic mass is 32.1. The molecule has 12 heteroatoms. The van der Waals surface area contributed by atoms with E-state index < -0.39 is 16.9 Å². The average molecular weight is 565 g/mol. The van der Waals surface area contributed by atoms with Crippen LogP contribution in [0.2, 0.25) is 0 Å². The number of nitro benzene ring substituents is 1. The number of hydrogen-bond acceptors (Lipinski definition) is 10. The highest BCUT2D eigenvalue weighted by Crippen LogP contribution is 2.32. The minimum Gasteiger partial charge on any atom is -0.497 e. The normalized spacial score (nSPS) is 17.3. The number of morpholine rings is 1. The average Bonchev–Trinajstić information content (AvgIpc) is 3.26. The van der Waals surface area contributed by atoms with Crippen LogP contribution in [0.15, 0.2) is 63.5 Å². The molecule has 0 radical (unpaired) electrons. The maximum absolute atomic E-state index is 14.0. The van der Waals surface area contributed by atoms with Crippen molar-refractivity contribution >= 4 is 34.8 Å². The minimum atomic E-state index is -0.795. The summed E-state index contributed by atoms with van der Waals surface area (Å²) in [4.78, 5) is 45.3. The fraction of sp³-hybridized carbons (Fsp3) is 0.321. The lowest BCUT2D eigenvalue weighted by Crippen LogP contribution is -2.40. The Hall–Kier alpha value is -4.29. The van der Waals surface area contributed by atoms with Crippen molar-refractivity contribution in [2.45, 2.75) is 19.9 Å². The highest BCUT2D eigenvalue weighted by Gasteiger charge is 2.33. The number of aromatic nitrogens is 1. The monoisotopic (exact) mass is 564 g/mol. The molecule has 1 aromatic heterocycles. The first-order valence-electron chi connectivity index (χ1n) is 12.8. The third kappa shape index (κ3) is 5.15. The lowest BCUT2D eigenvalue weighted by Gasteiger charge is -2.30. The zero-order chi connectivity index (χ0) is 28.4. The van der Waals surface area contributed by atoms with Crippen LogP contribution in [0.25, 0.3) is 6.08 Å². The molecule has 0 aliphatic carbocycles. The van der Waals surface area contributed by atoms with Gasteiger partial charge in [0.15, 0.2) is 4.80 Å². The summed E-state index contributed by atoms with van der Waals surface area (Å²) in [5.41, 5.74) is 2.24. The number of rotatable bonds is 7. The predicted molar refractivity (Wildman–Crippen MR) is 150 cm³/mol. The smallest absolute Gasteiger partial charge is 0.338 e. The van der Waals surface area contributed by atoms with E-state index in [0.717, 1.165) is 17.0 Å². The number of ether oxygens (including phenoxy) is 3. The summed E-state index contributed by atoms with van der Waals surface area (Å²) in [7, 11) is 1.54. The van der Waals surface area contributed by atoms with Gasteiger partial charge in [0.1, 0.15) is 5.75 Å². The third-order valence-corrected chi connectivity index (χ3v) is 7.77. The lowest BCUT2D eigenvalue weighted by atomic mass is 9.95. The number of hydrogen-bond donors (Lipinski definition) is 0. The Labute approximate surface area is 233 Å². The molecule has 2 aliphatic heterocycles. The molecular weight excluding hydrogens is 536 g/mol. The standard InChI is InChI=1S/C28H28N4O7S/c1-4-39-27(34)24-17(2)29-28-31(25(24)18-6-5-7-21(15-18)37-3)26(33)23(40-28)16-19-14-20(32(35)36)8-9-22(19)30-10-12-38-13-11-30/h5-9,14-16,25H,4,10-13H2,1-3H3/b23-16-. The SMILES string of the molecule is CCOC(=O)C1=C(C)N=c2s/c(=C\c3cc([N+](=O)[O-])ccc3N3CCOCC3)c(=O)n2C1c1cccc(OC)c1. The van der Waals surface area contributed by atoms with Crippen molar-refractivity contribution in [3.05, 3.63) is 94.7 Å². The number of anilines is 1. The summed E-state index contributed by atoms with van der Waals surface area (Å²) in [5, 5.41) is 11.6. The van der Waals surface area contributed by atoms with Gasteiger partial charge in [-0.2, -0.15) is 0 Å². The Kier molecular flexibility index (Phi) is 7.81.